The van der Waals surface area contributed by atoms with E-state index in [2.05, 4.69) is 0 Å². The van der Waals surface area contributed by atoms with E-state index in [4.69, 9.17) is 0 Å². The van der Waals surface area contributed by atoms with Crippen molar-refractivity contribution in [3.8, 4) is 0 Å². The monoisotopic (exact) mass is 355 g/mol. The van der Waals surface area contributed by atoms with Crippen LogP contribution in [0, 0.1) is 5.82 Å². The maximum atomic E-state index is 13.0. The number of sulfonamides is 1. The van der Waals surface area contributed by atoms with Gasteiger partial charge >= 0.3 is 0 Å². The molecule has 1 fully saturated rings. The predicted molar refractivity (Wildman–Crippen MR) is 82.3 cm³/mol. The van der Waals surface area contributed by atoms with Crippen molar-refractivity contribution in [1.82, 2.24) is 4.31 Å². The highest BCUT2D eigenvalue weighted by atomic mass is 32.2. The van der Waals surface area contributed by atoms with Crippen molar-refractivity contribution in [2.45, 2.75) is 21.6 Å². The van der Waals surface area contributed by atoms with E-state index in [9.17, 15) is 21.2 Å². The van der Waals surface area contributed by atoms with Crippen LogP contribution >= 0.6 is 0 Å². The molecule has 5 nitrogen and oxygen atoms in total. The Hall–Kier alpha value is -1.77. The lowest BCUT2D eigenvalue weighted by molar-refractivity contribution is 0.265. The van der Waals surface area contributed by atoms with Gasteiger partial charge < -0.3 is 0 Å². The number of hydrogen-bond donors (Lipinski definition) is 0. The van der Waals surface area contributed by atoms with Gasteiger partial charge in [-0.25, -0.2) is 21.2 Å². The number of nitrogens with zero attached hydrogens (tertiary/aromatic N) is 1. The van der Waals surface area contributed by atoms with E-state index in [-0.39, 0.29) is 22.8 Å². The topological polar surface area (TPSA) is 71.5 Å². The van der Waals surface area contributed by atoms with Crippen molar-refractivity contribution >= 4 is 19.9 Å². The van der Waals surface area contributed by atoms with E-state index in [1.54, 1.807) is 18.2 Å². The predicted octanol–water partition coefficient (Wildman–Crippen LogP) is 2.02. The fourth-order valence-corrected chi connectivity index (χ4v) is 6.31. The van der Waals surface area contributed by atoms with Crippen LogP contribution in [-0.2, 0) is 19.9 Å². The average Bonchev–Trinajstić information content (AvgIpc) is 2.46. The maximum absolute atomic E-state index is 13.0. The Labute approximate surface area is 134 Å². The van der Waals surface area contributed by atoms with Gasteiger partial charge in [-0.05, 0) is 42.8 Å². The molecule has 1 heterocycles. The van der Waals surface area contributed by atoms with E-state index < -0.39 is 31.1 Å². The molecule has 0 N–H and O–H groups in total. The number of hydrogen-bond acceptors (Lipinski definition) is 4. The van der Waals surface area contributed by atoms with Gasteiger partial charge in [0.2, 0.25) is 10.0 Å². The summed E-state index contributed by atoms with van der Waals surface area (Å²) in [5.74, 6) is -0.555. The second kappa shape index (κ2) is 5.70. The molecule has 0 amide bonds. The second-order valence-electron chi connectivity index (χ2n) is 5.17. The fraction of sp³-hybridized carbons (Fsp3) is 0.200. The molecule has 1 unspecified atom stereocenters. The summed E-state index contributed by atoms with van der Waals surface area (Å²) >= 11 is 0. The normalized spacial score (nSPS) is 19.3. The molecular formula is C15H14FNO4S2. The van der Waals surface area contributed by atoms with Crippen molar-refractivity contribution in [1.29, 1.82) is 0 Å². The molecule has 0 spiro atoms. The molecule has 1 saturated heterocycles. The van der Waals surface area contributed by atoms with Gasteiger partial charge in [0, 0.05) is 6.54 Å². The summed E-state index contributed by atoms with van der Waals surface area (Å²) in [6.45, 7) is 0.121. The van der Waals surface area contributed by atoms with Crippen LogP contribution < -0.4 is 0 Å². The van der Waals surface area contributed by atoms with Gasteiger partial charge in [0.25, 0.3) is 0 Å². The third kappa shape index (κ3) is 2.77. The van der Waals surface area contributed by atoms with E-state index >= 15 is 0 Å². The first-order valence-corrected chi connectivity index (χ1v) is 9.88. The molecule has 3 rings (SSSR count). The molecule has 1 atom stereocenters. The van der Waals surface area contributed by atoms with Gasteiger partial charge in [-0.2, -0.15) is 4.31 Å². The zero-order valence-corrected chi connectivity index (χ0v) is 13.6. The van der Waals surface area contributed by atoms with Gasteiger partial charge in [0.1, 0.15) is 11.2 Å². The average molecular weight is 355 g/mol. The Bertz CT molecular complexity index is 910. The van der Waals surface area contributed by atoms with Crippen LogP contribution in [-0.4, -0.2) is 33.1 Å². The summed E-state index contributed by atoms with van der Waals surface area (Å²) in [6.07, 6.45) is 0.234. The van der Waals surface area contributed by atoms with Crippen LogP contribution in [0.1, 0.15) is 6.42 Å². The molecule has 2 aromatic carbocycles. The molecule has 0 bridgehead atoms. The third-order valence-corrected chi connectivity index (χ3v) is 7.96. The summed E-state index contributed by atoms with van der Waals surface area (Å²) in [5, 5.41) is -1.13. The zero-order valence-electron chi connectivity index (χ0n) is 12.0. The van der Waals surface area contributed by atoms with Crippen LogP contribution in [0.15, 0.2) is 64.4 Å². The van der Waals surface area contributed by atoms with E-state index in [1.165, 1.54) is 12.1 Å². The zero-order chi connectivity index (χ0) is 16.7. The molecule has 23 heavy (non-hydrogen) atoms. The first-order valence-electron chi connectivity index (χ1n) is 6.90. The molecule has 0 saturated carbocycles. The number of benzene rings is 2. The molecule has 1 aliphatic heterocycles. The summed E-state index contributed by atoms with van der Waals surface area (Å²) in [6, 6.07) is 12.1. The number of sulfone groups is 1. The van der Waals surface area contributed by atoms with Crippen molar-refractivity contribution < 1.29 is 21.2 Å². The second-order valence-corrected chi connectivity index (χ2v) is 9.17. The number of halogens is 1. The number of rotatable bonds is 4. The highest BCUT2D eigenvalue weighted by Crippen LogP contribution is 2.33. The van der Waals surface area contributed by atoms with Crippen molar-refractivity contribution in [3.05, 3.63) is 60.4 Å². The van der Waals surface area contributed by atoms with Gasteiger partial charge in [-0.1, -0.05) is 18.2 Å². The summed E-state index contributed by atoms with van der Waals surface area (Å²) < 4.78 is 64.2. The lowest BCUT2D eigenvalue weighted by Crippen LogP contribution is -2.54. The molecule has 0 radical (unpaired) electrons. The van der Waals surface area contributed by atoms with Gasteiger partial charge in [0.05, 0.1) is 9.79 Å². The van der Waals surface area contributed by atoms with Crippen LogP contribution in [0.5, 0.6) is 0 Å². The van der Waals surface area contributed by atoms with Crippen molar-refractivity contribution in [2.75, 3.05) is 6.54 Å². The third-order valence-electron chi connectivity index (χ3n) is 3.77. The minimum Gasteiger partial charge on any atom is -0.222 e. The Kier molecular flexibility index (Phi) is 3.99. The summed E-state index contributed by atoms with van der Waals surface area (Å²) in [5.41, 5.74) is 0. The summed E-state index contributed by atoms with van der Waals surface area (Å²) in [4.78, 5) is -0.0316. The minimum absolute atomic E-state index is 0.0870. The van der Waals surface area contributed by atoms with Crippen LogP contribution in [0.3, 0.4) is 0 Å². The van der Waals surface area contributed by atoms with E-state index in [1.807, 2.05) is 0 Å². The van der Waals surface area contributed by atoms with Gasteiger partial charge in [-0.3, -0.25) is 0 Å². The van der Waals surface area contributed by atoms with Crippen molar-refractivity contribution in [2.24, 2.45) is 0 Å². The Morgan fingerprint density at radius 2 is 1.48 bits per heavy atom. The molecule has 8 heteroatoms. The molecule has 0 aliphatic carbocycles. The fourth-order valence-electron chi connectivity index (χ4n) is 2.43. The smallest absolute Gasteiger partial charge is 0.222 e. The SMILES string of the molecule is O=S(=O)(c1ccccc1)C1CCN1S(=O)(=O)c1ccc(F)cc1. The largest absolute Gasteiger partial charge is 0.244 e. The molecule has 0 aromatic heterocycles. The Morgan fingerprint density at radius 3 is 2.00 bits per heavy atom. The standard InChI is InChI=1S/C15H14FNO4S2/c16-12-6-8-14(9-7-12)23(20,21)17-11-10-15(17)22(18,19)13-4-2-1-3-5-13/h1-9,15H,10-11H2. The molecule has 1 aliphatic rings. The van der Waals surface area contributed by atoms with Gasteiger partial charge in [-0.15, -0.1) is 0 Å². The van der Waals surface area contributed by atoms with E-state index in [0.29, 0.717) is 0 Å². The lowest BCUT2D eigenvalue weighted by atomic mass is 10.3. The Balaban J connectivity index is 1.95. The van der Waals surface area contributed by atoms with Crippen LogP contribution in [0.2, 0.25) is 0 Å². The first kappa shape index (κ1) is 16.1. The Morgan fingerprint density at radius 1 is 0.870 bits per heavy atom. The molecular weight excluding hydrogens is 341 g/mol. The highest BCUT2D eigenvalue weighted by molar-refractivity contribution is 7.94. The lowest BCUT2D eigenvalue weighted by Gasteiger charge is -2.38. The molecule has 2 aromatic rings. The minimum atomic E-state index is -3.97. The first-order chi connectivity index (χ1) is 10.8. The van der Waals surface area contributed by atoms with Crippen LogP contribution in [0.25, 0.3) is 0 Å². The summed E-state index contributed by atoms with van der Waals surface area (Å²) in [7, 11) is -7.75. The van der Waals surface area contributed by atoms with Crippen molar-refractivity contribution in [3.63, 3.8) is 0 Å². The maximum Gasteiger partial charge on any atom is 0.244 e. The van der Waals surface area contributed by atoms with E-state index in [0.717, 1.165) is 28.6 Å². The van der Waals surface area contributed by atoms with Crippen LogP contribution in [0.4, 0.5) is 4.39 Å². The molecule has 122 valence electrons. The van der Waals surface area contributed by atoms with Gasteiger partial charge in [0.15, 0.2) is 9.84 Å². The highest BCUT2D eigenvalue weighted by Gasteiger charge is 2.46. The quantitative estimate of drug-likeness (QED) is 0.841.